The Bertz CT molecular complexity index is 293. The van der Waals surface area contributed by atoms with Crippen LogP contribution in [-0.2, 0) is 31.5 Å². The minimum absolute atomic E-state index is 0. The van der Waals surface area contributed by atoms with E-state index in [2.05, 4.69) is 60.0 Å². The molecule has 0 aromatic heterocycles. The van der Waals surface area contributed by atoms with Crippen molar-refractivity contribution in [3.8, 4) is 6.11 Å². The van der Waals surface area contributed by atoms with Crippen molar-refractivity contribution in [2.24, 2.45) is 0 Å². The first-order valence-electron chi connectivity index (χ1n) is 8.20. The molecule has 0 spiro atoms. The van der Waals surface area contributed by atoms with Crippen molar-refractivity contribution in [2.75, 3.05) is 78.0 Å². The summed E-state index contributed by atoms with van der Waals surface area (Å²) >= 11 is 0. The Morgan fingerprint density at radius 2 is 0.885 bits per heavy atom. The molecule has 0 unspecified atom stereocenters. The molecule has 0 aliphatic carbocycles. The van der Waals surface area contributed by atoms with Gasteiger partial charge >= 0.3 is 11.3 Å². The van der Waals surface area contributed by atoms with Gasteiger partial charge in [0.1, 0.15) is 0 Å². The maximum absolute atomic E-state index is 7.50. The second-order valence-electron chi connectivity index (χ2n) is 7.53. The SMILES string of the molecule is CP(C)CCP(C)C.CP(C)CCP(C)C.[C-]#CO[Si](C)(C)C.[C-]#[O+].[Ta]. The van der Waals surface area contributed by atoms with Gasteiger partial charge in [-0.3, -0.25) is 0 Å². The van der Waals surface area contributed by atoms with Crippen molar-refractivity contribution >= 4 is 40.0 Å². The Labute approximate surface area is 187 Å². The van der Waals surface area contributed by atoms with Gasteiger partial charge in [0.15, 0.2) is 0 Å². The molecule has 2 nitrogen and oxygen atoms in total. The van der Waals surface area contributed by atoms with E-state index in [0.717, 1.165) is 0 Å². The van der Waals surface area contributed by atoms with Crippen molar-refractivity contribution in [3.05, 3.63) is 13.1 Å². The van der Waals surface area contributed by atoms with Gasteiger partial charge in [-0.1, -0.05) is 0 Å². The molecule has 0 saturated heterocycles. The normalized spacial score (nSPS) is 9.69. The van der Waals surface area contributed by atoms with Crippen LogP contribution in [0, 0.1) is 19.2 Å². The van der Waals surface area contributed by atoms with Crippen LogP contribution in [0.25, 0.3) is 0 Å². The Morgan fingerprint density at radius 3 is 0.923 bits per heavy atom. The second kappa shape index (κ2) is 26.8. The second-order valence-corrected chi connectivity index (χ2v) is 22.4. The Hall–Kier alpha value is 1.78. The van der Waals surface area contributed by atoms with Crippen LogP contribution in [0.15, 0.2) is 0 Å². The summed E-state index contributed by atoms with van der Waals surface area (Å²) in [5, 5.41) is 0. The van der Waals surface area contributed by atoms with Crippen LogP contribution in [0.3, 0.4) is 0 Å². The summed E-state index contributed by atoms with van der Waals surface area (Å²) in [6.45, 7) is 29.4. The van der Waals surface area contributed by atoms with E-state index in [-0.39, 0.29) is 22.4 Å². The molecule has 0 atom stereocenters. The Kier molecular flexibility index (Phi) is 39.5. The molecule has 0 saturated carbocycles. The standard InChI is InChI=1S/2C6H16P2.C5H9OSi.CO.Ta/c2*1-7(2)5-6-8(3)4;1-5-6-7(2,3)4;1-2;/h2*5-6H2,1-4H3;2-4H3;;/q;;-1;;. The summed E-state index contributed by atoms with van der Waals surface area (Å²) in [6.07, 6.45) is 14.3. The third-order valence-electron chi connectivity index (χ3n) is 2.35. The predicted octanol–water partition coefficient (Wildman–Crippen LogP) is 6.28. The topological polar surface area (TPSA) is 29.1 Å². The van der Waals surface area contributed by atoms with Crippen LogP contribution in [0.1, 0.15) is 0 Å². The van der Waals surface area contributed by atoms with Gasteiger partial charge in [0.25, 0.3) is 8.32 Å². The van der Waals surface area contributed by atoms with Crippen molar-refractivity contribution < 1.29 is 31.5 Å². The molecule has 1 radical (unpaired) electrons. The van der Waals surface area contributed by atoms with Gasteiger partial charge in [-0.25, -0.2) is 0 Å². The summed E-state index contributed by atoms with van der Waals surface area (Å²) in [7, 11) is 0.0771. The molecule has 0 heterocycles. The van der Waals surface area contributed by atoms with Crippen LogP contribution in [0.4, 0.5) is 0 Å². The average Bonchev–Trinajstić information content (AvgIpc) is 2.45. The van der Waals surface area contributed by atoms with E-state index in [0.29, 0.717) is 31.7 Å². The van der Waals surface area contributed by atoms with Gasteiger partial charge in [-0.15, -0.1) is 31.7 Å². The van der Waals surface area contributed by atoms with Gasteiger partial charge in [0.05, 0.1) is 0 Å². The summed E-state index contributed by atoms with van der Waals surface area (Å²) in [6, 6.07) is 0. The van der Waals surface area contributed by atoms with Crippen LogP contribution < -0.4 is 0 Å². The summed E-state index contributed by atoms with van der Waals surface area (Å²) in [5.74, 6) is 0. The van der Waals surface area contributed by atoms with E-state index in [4.69, 9.17) is 15.5 Å². The zero-order valence-corrected chi connectivity index (χ0v) is 26.7. The Balaban J connectivity index is -0.0000000795. The first-order valence-corrected chi connectivity index (χ1v) is 21.3. The molecule has 0 bridgehead atoms. The Morgan fingerprint density at radius 1 is 0.692 bits per heavy atom. The van der Waals surface area contributed by atoms with E-state index >= 15 is 0 Å². The van der Waals surface area contributed by atoms with E-state index in [1.807, 2.05) is 25.7 Å². The third-order valence-corrected chi connectivity index (χ3v) is 8.24. The largest absolute Gasteiger partial charge is 0 e. The van der Waals surface area contributed by atoms with Gasteiger partial charge < -0.3 is 10.8 Å². The summed E-state index contributed by atoms with van der Waals surface area (Å²) in [4.78, 5) is 0. The molecule has 0 aromatic carbocycles. The molecule has 0 aliphatic rings. The van der Waals surface area contributed by atoms with E-state index < -0.39 is 8.32 Å². The predicted molar refractivity (Wildman–Crippen MR) is 130 cm³/mol. The molecule has 0 aliphatic heterocycles. The number of hydrogen-bond donors (Lipinski definition) is 0. The molecule has 0 fully saturated rings. The smallest absolute Gasteiger partial charge is 0 e. The summed E-state index contributed by atoms with van der Waals surface area (Å²) < 4.78 is 12.3. The van der Waals surface area contributed by atoms with Gasteiger partial charge in [0.2, 0.25) is 0 Å². The van der Waals surface area contributed by atoms with Crippen LogP contribution >= 0.6 is 31.7 Å². The molecule has 0 N–H and O–H groups in total. The van der Waals surface area contributed by atoms with Crippen molar-refractivity contribution in [3.63, 3.8) is 0 Å². The fourth-order valence-electron chi connectivity index (χ4n) is 0.953. The van der Waals surface area contributed by atoms with Crippen molar-refractivity contribution in [1.29, 1.82) is 0 Å². The minimum Gasteiger partial charge on any atom is 0 e. The fourth-order valence-corrected chi connectivity index (χ4v) is 7.66. The van der Waals surface area contributed by atoms with Crippen LogP contribution in [0.5, 0.6) is 0 Å². The maximum atomic E-state index is 7.50. The number of hydrogen-bond acceptors (Lipinski definition) is 1. The van der Waals surface area contributed by atoms with E-state index in [1.165, 1.54) is 24.6 Å². The molecular formula is C18H41O2P4SiTa-. The minimum atomic E-state index is -1.46. The third kappa shape index (κ3) is 63.6. The number of rotatable bonds is 7. The molecule has 8 heteroatoms. The fraction of sp³-hybridized carbons (Fsp3) is 0.833. The molecule has 26 heavy (non-hydrogen) atoms. The van der Waals surface area contributed by atoms with Crippen molar-refractivity contribution in [1.82, 2.24) is 0 Å². The molecule has 0 rings (SSSR count). The van der Waals surface area contributed by atoms with Crippen LogP contribution in [-0.4, -0.2) is 86.3 Å². The van der Waals surface area contributed by atoms with Gasteiger partial charge in [0, 0.05) is 22.4 Å². The zero-order valence-electron chi connectivity index (χ0n) is 18.9. The quantitative estimate of drug-likeness (QED) is 0.108. The zero-order chi connectivity index (χ0) is 21.1. The average molecular weight is 622 g/mol. The van der Waals surface area contributed by atoms with Gasteiger partial charge in [-0.05, 0) is 97.6 Å². The van der Waals surface area contributed by atoms with E-state index in [1.54, 1.807) is 0 Å². The summed E-state index contributed by atoms with van der Waals surface area (Å²) in [5.41, 5.74) is 0. The maximum Gasteiger partial charge on any atom is 0 e. The molecule has 155 valence electrons. The molecular weight excluding hydrogens is 581 g/mol. The van der Waals surface area contributed by atoms with Crippen molar-refractivity contribution in [2.45, 2.75) is 19.6 Å². The molecule has 0 amide bonds. The van der Waals surface area contributed by atoms with E-state index in [9.17, 15) is 0 Å². The molecule has 0 aromatic rings. The first kappa shape index (κ1) is 38.4. The first-order chi connectivity index (χ1) is 11.3. The monoisotopic (exact) mass is 622 g/mol. The van der Waals surface area contributed by atoms with Crippen LogP contribution in [0.2, 0.25) is 19.6 Å². The van der Waals surface area contributed by atoms with Gasteiger partial charge in [-0.2, -0.15) is 6.11 Å².